The largest absolute Gasteiger partial charge is 0.497 e. The van der Waals surface area contributed by atoms with Crippen LogP contribution in [0.3, 0.4) is 0 Å². The summed E-state index contributed by atoms with van der Waals surface area (Å²) in [6.45, 7) is 2.48. The van der Waals surface area contributed by atoms with E-state index < -0.39 is 22.5 Å². The third kappa shape index (κ3) is 9.18. The first kappa shape index (κ1) is 36.7. The summed E-state index contributed by atoms with van der Waals surface area (Å²) < 4.78 is 10.3. The van der Waals surface area contributed by atoms with Crippen LogP contribution in [0, 0.1) is 18.8 Å². The van der Waals surface area contributed by atoms with Crippen LogP contribution >= 0.6 is 11.8 Å². The zero-order valence-electron chi connectivity index (χ0n) is 28.9. The Balaban J connectivity index is 1.45. The molecule has 1 aliphatic heterocycles. The zero-order valence-corrected chi connectivity index (χ0v) is 29.7. The highest BCUT2D eigenvalue weighted by Crippen LogP contribution is 2.50. The summed E-state index contributed by atoms with van der Waals surface area (Å²) in [7, 11) is 3.20. The van der Waals surface area contributed by atoms with Gasteiger partial charge in [-0.3, -0.25) is 14.4 Å². The second-order valence-electron chi connectivity index (χ2n) is 11.9. The number of amides is 3. The number of nitrogens with zero attached hydrogens (tertiary/aromatic N) is 1. The number of benzene rings is 4. The van der Waals surface area contributed by atoms with Crippen molar-refractivity contribution in [1.82, 2.24) is 10.4 Å². The Morgan fingerprint density at radius 1 is 0.824 bits per heavy atom. The molecule has 0 aliphatic carbocycles. The van der Waals surface area contributed by atoms with Gasteiger partial charge in [0.15, 0.2) is 0 Å². The number of aryl methyl sites for hydroxylation is 1. The molecule has 1 heterocycles. The van der Waals surface area contributed by atoms with Gasteiger partial charge >= 0.3 is 5.97 Å². The number of hydrogen-bond acceptors (Lipinski definition) is 8. The molecule has 1 unspecified atom stereocenters. The minimum Gasteiger partial charge on any atom is -0.497 e. The first-order valence-electron chi connectivity index (χ1n) is 16.6. The Labute approximate surface area is 302 Å². The molecule has 9 nitrogen and oxygen atoms in total. The minimum atomic E-state index is -0.848. The standard InChI is InChI=1S/C41H40N2O7S/c1-29-13-15-32(16-14-29)41(33-17-20-35(48-2)21-18-33,51-26-25-40(47)50-43-38(45)23-24-39(43)46)34-19-22-36(49-3)31(27-34)11-7-8-12-37(44)42-28-30-9-5-4-6-10-30/h4-6,9-10,13-22,27H,8,12,23-26,28H2,1-3H3,(H,42,44). The number of carbonyl (C=O) groups is 4. The molecule has 1 saturated heterocycles. The lowest BCUT2D eigenvalue weighted by Crippen LogP contribution is -2.32. The minimum absolute atomic E-state index is 0.0268. The summed E-state index contributed by atoms with van der Waals surface area (Å²) >= 11 is 1.52. The van der Waals surface area contributed by atoms with E-state index in [0.29, 0.717) is 40.8 Å². The van der Waals surface area contributed by atoms with Gasteiger partial charge in [-0.15, -0.1) is 16.8 Å². The van der Waals surface area contributed by atoms with E-state index >= 15 is 0 Å². The second kappa shape index (κ2) is 17.4. The van der Waals surface area contributed by atoms with Crippen molar-refractivity contribution in [3.8, 4) is 23.3 Å². The van der Waals surface area contributed by atoms with Gasteiger partial charge in [-0.25, -0.2) is 4.79 Å². The monoisotopic (exact) mass is 704 g/mol. The van der Waals surface area contributed by atoms with E-state index in [0.717, 1.165) is 27.8 Å². The van der Waals surface area contributed by atoms with Crippen molar-refractivity contribution in [1.29, 1.82) is 0 Å². The molecule has 10 heteroatoms. The van der Waals surface area contributed by atoms with Crippen LogP contribution in [0.15, 0.2) is 97.1 Å². The summed E-state index contributed by atoms with van der Waals surface area (Å²) in [5.41, 5.74) is 5.53. The van der Waals surface area contributed by atoms with Crippen LogP contribution in [-0.4, -0.2) is 48.7 Å². The van der Waals surface area contributed by atoms with E-state index in [9.17, 15) is 19.2 Å². The quantitative estimate of drug-likeness (QED) is 0.0903. The number of ether oxygens (including phenoxy) is 2. The van der Waals surface area contributed by atoms with Crippen LogP contribution in [0.25, 0.3) is 0 Å². The molecular formula is C41H40N2O7S. The van der Waals surface area contributed by atoms with Crippen LogP contribution < -0.4 is 14.8 Å². The highest BCUT2D eigenvalue weighted by molar-refractivity contribution is 8.00. The van der Waals surface area contributed by atoms with Gasteiger partial charge in [-0.1, -0.05) is 90.2 Å². The normalized spacial score (nSPS) is 13.5. The number of hydroxylamine groups is 2. The van der Waals surface area contributed by atoms with Crippen molar-refractivity contribution in [2.45, 2.75) is 50.3 Å². The highest BCUT2D eigenvalue weighted by Gasteiger charge is 2.38. The summed E-state index contributed by atoms with van der Waals surface area (Å²) in [5, 5.41) is 3.51. The van der Waals surface area contributed by atoms with E-state index in [-0.39, 0.29) is 31.6 Å². The Hall–Kier alpha value is -5.53. The number of carbonyl (C=O) groups excluding carboxylic acids is 4. The van der Waals surface area contributed by atoms with E-state index in [2.05, 4.69) is 29.3 Å². The maximum absolute atomic E-state index is 12.9. The molecule has 1 N–H and O–H groups in total. The fourth-order valence-electron chi connectivity index (χ4n) is 5.70. The predicted molar refractivity (Wildman–Crippen MR) is 196 cm³/mol. The molecule has 0 aromatic heterocycles. The van der Waals surface area contributed by atoms with Crippen LogP contribution in [0.2, 0.25) is 0 Å². The van der Waals surface area contributed by atoms with Gasteiger partial charge in [-0.2, -0.15) is 0 Å². The number of thioether (sulfide) groups is 1. The number of nitrogens with one attached hydrogen (secondary N) is 1. The zero-order chi connectivity index (χ0) is 36.2. The molecule has 262 valence electrons. The number of imide groups is 1. The first-order valence-corrected chi connectivity index (χ1v) is 17.6. The van der Waals surface area contributed by atoms with E-state index in [1.54, 1.807) is 14.2 Å². The Kier molecular flexibility index (Phi) is 12.5. The Bertz CT molecular complexity index is 1900. The molecule has 0 spiro atoms. The fourth-order valence-corrected chi connectivity index (χ4v) is 7.17. The van der Waals surface area contributed by atoms with E-state index in [4.69, 9.17) is 14.3 Å². The van der Waals surface area contributed by atoms with Gasteiger partial charge in [0.05, 0.1) is 31.0 Å². The van der Waals surface area contributed by atoms with Gasteiger partial charge in [0.25, 0.3) is 11.8 Å². The first-order chi connectivity index (χ1) is 24.7. The number of methoxy groups -OCH3 is 2. The molecule has 1 atom stereocenters. The lowest BCUT2D eigenvalue weighted by Gasteiger charge is -2.36. The van der Waals surface area contributed by atoms with Crippen LogP contribution in [-0.2, 0) is 35.3 Å². The maximum Gasteiger partial charge on any atom is 0.334 e. The molecule has 4 aromatic carbocycles. The number of rotatable bonds is 14. The van der Waals surface area contributed by atoms with Gasteiger partial charge in [0.1, 0.15) is 11.5 Å². The van der Waals surface area contributed by atoms with E-state index in [1.807, 2.05) is 91.9 Å². The Morgan fingerprint density at radius 2 is 1.47 bits per heavy atom. The summed E-state index contributed by atoms with van der Waals surface area (Å²) in [5.74, 6) is 6.15. The van der Waals surface area contributed by atoms with Crippen molar-refractivity contribution in [3.63, 3.8) is 0 Å². The third-order valence-corrected chi connectivity index (χ3v) is 9.97. The lowest BCUT2D eigenvalue weighted by molar-refractivity contribution is -0.197. The molecule has 4 aromatic rings. The summed E-state index contributed by atoms with van der Waals surface area (Å²) in [4.78, 5) is 54.7. The molecule has 0 saturated carbocycles. The van der Waals surface area contributed by atoms with Crippen LogP contribution in [0.4, 0.5) is 0 Å². The molecule has 3 amide bonds. The molecule has 1 fully saturated rings. The van der Waals surface area contributed by atoms with Crippen LogP contribution in [0.5, 0.6) is 11.5 Å². The summed E-state index contributed by atoms with van der Waals surface area (Å²) in [6, 6.07) is 31.6. The van der Waals surface area contributed by atoms with Gasteiger partial charge in [0, 0.05) is 38.0 Å². The van der Waals surface area contributed by atoms with Crippen molar-refractivity contribution < 1.29 is 33.5 Å². The van der Waals surface area contributed by atoms with E-state index in [1.165, 1.54) is 11.8 Å². The maximum atomic E-state index is 12.9. The van der Waals surface area contributed by atoms with Crippen molar-refractivity contribution in [2.75, 3.05) is 20.0 Å². The smallest absolute Gasteiger partial charge is 0.334 e. The van der Waals surface area contributed by atoms with Gasteiger partial charge < -0.3 is 19.6 Å². The third-order valence-electron chi connectivity index (χ3n) is 8.42. The molecule has 0 bridgehead atoms. The molecular weight excluding hydrogens is 665 g/mol. The fraction of sp³-hybridized carbons (Fsp3) is 0.268. The highest BCUT2D eigenvalue weighted by atomic mass is 32.2. The van der Waals surface area contributed by atoms with Gasteiger partial charge in [-0.05, 0) is 53.4 Å². The molecule has 5 rings (SSSR count). The van der Waals surface area contributed by atoms with Crippen molar-refractivity contribution in [3.05, 3.63) is 130 Å². The summed E-state index contributed by atoms with van der Waals surface area (Å²) in [6.07, 6.45) is 0.606. The molecule has 1 aliphatic rings. The average Bonchev–Trinajstić information content (AvgIpc) is 3.47. The average molecular weight is 705 g/mol. The van der Waals surface area contributed by atoms with Gasteiger partial charge in [0.2, 0.25) is 5.91 Å². The van der Waals surface area contributed by atoms with Crippen molar-refractivity contribution in [2.24, 2.45) is 0 Å². The molecule has 0 radical (unpaired) electrons. The topological polar surface area (TPSA) is 111 Å². The predicted octanol–water partition coefficient (Wildman–Crippen LogP) is 6.48. The molecule has 51 heavy (non-hydrogen) atoms. The SMILES string of the molecule is COc1ccc(C(SCCC(=O)ON2C(=O)CCC2=O)(c2ccc(C)cc2)c2ccc(OC)c(C#CCCC(=O)NCc3ccccc3)c2)cc1. The van der Waals surface area contributed by atoms with Crippen LogP contribution in [0.1, 0.15) is 65.5 Å². The lowest BCUT2D eigenvalue weighted by atomic mass is 9.83. The second-order valence-corrected chi connectivity index (χ2v) is 13.2. The van der Waals surface area contributed by atoms with Crippen molar-refractivity contribution >= 4 is 35.5 Å². The Morgan fingerprint density at radius 3 is 2.12 bits per heavy atom. The number of hydrogen-bond donors (Lipinski definition) is 1.